The predicted molar refractivity (Wildman–Crippen MR) is 66.7 cm³/mol. The van der Waals surface area contributed by atoms with Gasteiger partial charge in [-0.1, -0.05) is 20.3 Å². The van der Waals surface area contributed by atoms with Gasteiger partial charge in [0.2, 0.25) is 0 Å². The van der Waals surface area contributed by atoms with E-state index in [0.717, 1.165) is 13.0 Å². The Morgan fingerprint density at radius 3 is 2.44 bits per heavy atom. The largest absolute Gasteiger partial charge is 0.480 e. The van der Waals surface area contributed by atoms with Gasteiger partial charge in [-0.2, -0.15) is 0 Å². The van der Waals surface area contributed by atoms with Crippen molar-refractivity contribution in [1.82, 2.24) is 10.2 Å². The number of nitrogens with one attached hydrogen (secondary N) is 1. The number of nitrogens with zero attached hydrogens (tertiary/aromatic N) is 1. The van der Waals surface area contributed by atoms with E-state index in [4.69, 9.17) is 5.11 Å². The second-order valence-electron chi connectivity index (χ2n) is 4.36. The van der Waals surface area contributed by atoms with Crippen LogP contribution in [-0.2, 0) is 4.79 Å². The lowest BCUT2D eigenvalue weighted by Gasteiger charge is -2.25. The lowest BCUT2D eigenvalue weighted by molar-refractivity contribution is -0.139. The zero-order valence-electron chi connectivity index (χ0n) is 11.0. The highest BCUT2D eigenvalue weighted by molar-refractivity contribution is 5.73. The number of hydrogen-bond acceptors (Lipinski definition) is 3. The van der Waals surface area contributed by atoms with E-state index < -0.39 is 12.0 Å². The van der Waals surface area contributed by atoms with Crippen molar-refractivity contribution in [1.29, 1.82) is 0 Å². The molecule has 2 N–H and O–H groups in total. The molecule has 2 atom stereocenters. The summed E-state index contributed by atoms with van der Waals surface area (Å²) in [6.45, 7) is 7.81. The van der Waals surface area contributed by atoms with Crippen LogP contribution in [0.5, 0.6) is 0 Å². The lowest BCUT2D eigenvalue weighted by Crippen LogP contribution is -2.40. The normalized spacial score (nSPS) is 15.1. The highest BCUT2D eigenvalue weighted by atomic mass is 16.4. The highest BCUT2D eigenvalue weighted by Crippen LogP contribution is 2.05. The third kappa shape index (κ3) is 6.08. The van der Waals surface area contributed by atoms with Gasteiger partial charge >= 0.3 is 5.97 Å². The number of aliphatic carboxylic acids is 1. The maximum Gasteiger partial charge on any atom is 0.320 e. The van der Waals surface area contributed by atoms with Crippen molar-refractivity contribution in [2.24, 2.45) is 0 Å². The summed E-state index contributed by atoms with van der Waals surface area (Å²) >= 11 is 0. The lowest BCUT2D eigenvalue weighted by atomic mass is 10.1. The fourth-order valence-electron chi connectivity index (χ4n) is 1.75. The summed E-state index contributed by atoms with van der Waals surface area (Å²) in [6, 6.07) is 0.113. The van der Waals surface area contributed by atoms with Gasteiger partial charge in [0.05, 0.1) is 0 Å². The van der Waals surface area contributed by atoms with Gasteiger partial charge in [-0.05, 0) is 33.4 Å². The first-order valence-corrected chi connectivity index (χ1v) is 6.19. The number of rotatable bonds is 9. The van der Waals surface area contributed by atoms with Crippen LogP contribution in [0.1, 0.15) is 40.0 Å². The van der Waals surface area contributed by atoms with Crippen LogP contribution in [0.15, 0.2) is 0 Å². The van der Waals surface area contributed by atoms with Crippen molar-refractivity contribution in [3.63, 3.8) is 0 Å². The molecule has 0 aliphatic rings. The Bertz CT molecular complexity index is 197. The van der Waals surface area contributed by atoms with Crippen LogP contribution in [0.2, 0.25) is 0 Å². The molecular weight excluding hydrogens is 204 g/mol. The third-order valence-corrected chi connectivity index (χ3v) is 2.98. The average molecular weight is 230 g/mol. The first kappa shape index (κ1) is 15.4. The van der Waals surface area contributed by atoms with E-state index in [1.165, 1.54) is 6.42 Å². The Labute approximate surface area is 99.0 Å². The Hall–Kier alpha value is -0.610. The Balaban J connectivity index is 3.94. The van der Waals surface area contributed by atoms with Gasteiger partial charge in [0, 0.05) is 12.6 Å². The second kappa shape index (κ2) is 8.53. The molecule has 0 bridgehead atoms. The minimum atomic E-state index is -0.751. The van der Waals surface area contributed by atoms with Crippen molar-refractivity contribution >= 4 is 5.97 Å². The number of carboxylic acids is 1. The number of carboxylic acid groups (broad SMARTS) is 1. The summed E-state index contributed by atoms with van der Waals surface area (Å²) in [4.78, 5) is 13.1. The number of hydrogen-bond donors (Lipinski definition) is 2. The topological polar surface area (TPSA) is 52.6 Å². The van der Waals surface area contributed by atoms with Gasteiger partial charge in [0.1, 0.15) is 6.04 Å². The monoisotopic (exact) mass is 230 g/mol. The fraction of sp³-hybridized carbons (Fsp3) is 0.917. The van der Waals surface area contributed by atoms with Crippen molar-refractivity contribution in [3.8, 4) is 0 Å². The molecular formula is C12H26N2O2. The third-order valence-electron chi connectivity index (χ3n) is 2.98. The minimum absolute atomic E-state index is 0.415. The summed E-state index contributed by atoms with van der Waals surface area (Å²) in [5, 5.41) is 12.0. The van der Waals surface area contributed by atoms with Crippen LogP contribution < -0.4 is 5.32 Å². The SMILES string of the molecule is CCCC(C)N(C)CCC(NCC)C(=O)O. The molecule has 0 aromatic carbocycles. The van der Waals surface area contributed by atoms with E-state index in [9.17, 15) is 4.79 Å². The predicted octanol–water partition coefficient (Wildman–Crippen LogP) is 1.56. The summed E-state index contributed by atoms with van der Waals surface area (Å²) in [6.07, 6.45) is 2.99. The first-order valence-electron chi connectivity index (χ1n) is 6.19. The smallest absolute Gasteiger partial charge is 0.320 e. The molecule has 0 saturated heterocycles. The molecule has 0 aliphatic heterocycles. The molecule has 0 heterocycles. The maximum atomic E-state index is 10.9. The van der Waals surface area contributed by atoms with E-state index in [1.807, 2.05) is 6.92 Å². The molecule has 4 nitrogen and oxygen atoms in total. The molecule has 96 valence electrons. The van der Waals surface area contributed by atoms with Gasteiger partial charge < -0.3 is 15.3 Å². The van der Waals surface area contributed by atoms with Gasteiger partial charge in [-0.3, -0.25) is 4.79 Å². The summed E-state index contributed by atoms with van der Waals surface area (Å²) in [5.74, 6) is -0.751. The molecule has 0 spiro atoms. The first-order chi connectivity index (χ1) is 7.52. The highest BCUT2D eigenvalue weighted by Gasteiger charge is 2.17. The second-order valence-corrected chi connectivity index (χ2v) is 4.36. The maximum absolute atomic E-state index is 10.9. The van der Waals surface area contributed by atoms with Crippen LogP contribution in [0.4, 0.5) is 0 Å². The standard InChI is InChI=1S/C12H26N2O2/c1-5-7-10(3)14(4)9-8-11(12(15)16)13-6-2/h10-11,13H,5-9H2,1-4H3,(H,15,16). The fourth-order valence-corrected chi connectivity index (χ4v) is 1.75. The minimum Gasteiger partial charge on any atom is -0.480 e. The molecule has 0 aromatic heterocycles. The molecule has 2 unspecified atom stereocenters. The molecule has 0 rings (SSSR count). The van der Waals surface area contributed by atoms with Crippen LogP contribution >= 0.6 is 0 Å². The van der Waals surface area contributed by atoms with Gasteiger partial charge in [0.25, 0.3) is 0 Å². The Kier molecular flexibility index (Phi) is 8.21. The Morgan fingerprint density at radius 2 is 2.00 bits per heavy atom. The van der Waals surface area contributed by atoms with Crippen LogP contribution in [-0.4, -0.2) is 48.2 Å². The molecule has 0 amide bonds. The molecule has 0 saturated carbocycles. The van der Waals surface area contributed by atoms with E-state index in [1.54, 1.807) is 0 Å². The summed E-state index contributed by atoms with van der Waals surface area (Å²) in [5.41, 5.74) is 0. The molecule has 4 heteroatoms. The van der Waals surface area contributed by atoms with Crippen molar-refractivity contribution in [3.05, 3.63) is 0 Å². The van der Waals surface area contributed by atoms with Crippen molar-refractivity contribution in [2.75, 3.05) is 20.1 Å². The zero-order valence-corrected chi connectivity index (χ0v) is 11.0. The van der Waals surface area contributed by atoms with Crippen LogP contribution in [0.25, 0.3) is 0 Å². The molecule has 0 radical (unpaired) electrons. The van der Waals surface area contributed by atoms with E-state index in [-0.39, 0.29) is 0 Å². The number of carbonyl (C=O) groups is 1. The molecule has 0 fully saturated rings. The van der Waals surface area contributed by atoms with E-state index in [2.05, 4.69) is 31.1 Å². The van der Waals surface area contributed by atoms with Gasteiger partial charge in [-0.25, -0.2) is 0 Å². The summed E-state index contributed by atoms with van der Waals surface area (Å²) in [7, 11) is 2.06. The van der Waals surface area contributed by atoms with Gasteiger partial charge in [-0.15, -0.1) is 0 Å². The Morgan fingerprint density at radius 1 is 1.38 bits per heavy atom. The molecule has 0 aromatic rings. The molecule has 0 aliphatic carbocycles. The van der Waals surface area contributed by atoms with Crippen molar-refractivity contribution < 1.29 is 9.90 Å². The van der Waals surface area contributed by atoms with Crippen LogP contribution in [0.3, 0.4) is 0 Å². The summed E-state index contributed by atoms with van der Waals surface area (Å²) < 4.78 is 0. The van der Waals surface area contributed by atoms with Crippen molar-refractivity contribution in [2.45, 2.75) is 52.1 Å². The van der Waals surface area contributed by atoms with E-state index >= 15 is 0 Å². The number of likely N-dealkylation sites (N-methyl/N-ethyl adjacent to an activating group) is 1. The zero-order chi connectivity index (χ0) is 12.6. The molecule has 16 heavy (non-hydrogen) atoms. The average Bonchev–Trinajstić information content (AvgIpc) is 2.23. The quantitative estimate of drug-likeness (QED) is 0.631. The van der Waals surface area contributed by atoms with E-state index in [0.29, 0.717) is 19.0 Å². The van der Waals surface area contributed by atoms with Crippen LogP contribution in [0, 0.1) is 0 Å². The van der Waals surface area contributed by atoms with Gasteiger partial charge in [0.15, 0.2) is 0 Å².